The van der Waals surface area contributed by atoms with Crippen LogP contribution in [0.25, 0.3) is 0 Å². The number of methoxy groups -OCH3 is 1. The highest BCUT2D eigenvalue weighted by Crippen LogP contribution is 2.32. The van der Waals surface area contributed by atoms with Gasteiger partial charge in [0.15, 0.2) is 0 Å². The summed E-state index contributed by atoms with van der Waals surface area (Å²) in [5.41, 5.74) is 1.69. The Morgan fingerprint density at radius 2 is 2.35 bits per heavy atom. The van der Waals surface area contributed by atoms with Crippen molar-refractivity contribution in [3.63, 3.8) is 0 Å². The first kappa shape index (κ1) is 15.6. The van der Waals surface area contributed by atoms with Crippen molar-refractivity contribution in [2.45, 2.75) is 18.9 Å². The lowest BCUT2D eigenvalue weighted by Crippen LogP contribution is -2.30. The Morgan fingerprint density at radius 3 is 3.13 bits per heavy atom. The summed E-state index contributed by atoms with van der Waals surface area (Å²) >= 11 is 0. The van der Waals surface area contributed by atoms with Gasteiger partial charge in [-0.2, -0.15) is 0 Å². The second-order valence-electron chi connectivity index (χ2n) is 5.51. The van der Waals surface area contributed by atoms with Gasteiger partial charge in [0.1, 0.15) is 6.61 Å². The molecule has 0 aromatic carbocycles. The van der Waals surface area contributed by atoms with Gasteiger partial charge in [-0.05, 0) is 31.0 Å². The van der Waals surface area contributed by atoms with E-state index in [0.717, 1.165) is 25.1 Å². The average Bonchev–Trinajstić information content (AvgIpc) is 3.25. The number of rotatable bonds is 6. The van der Waals surface area contributed by atoms with Crippen LogP contribution < -0.4 is 4.74 Å². The number of aromatic amines is 1. The topological polar surface area (TPSA) is 67.5 Å². The van der Waals surface area contributed by atoms with Gasteiger partial charge in [-0.15, -0.1) is 0 Å². The number of ether oxygens (including phenoxy) is 2. The Morgan fingerprint density at radius 1 is 1.43 bits per heavy atom. The van der Waals surface area contributed by atoms with E-state index in [4.69, 9.17) is 9.47 Å². The van der Waals surface area contributed by atoms with Crippen LogP contribution in [0.2, 0.25) is 0 Å². The van der Waals surface area contributed by atoms with Crippen LogP contribution in [0.5, 0.6) is 5.88 Å². The predicted octanol–water partition coefficient (Wildman–Crippen LogP) is 2.41. The minimum absolute atomic E-state index is 0.0149. The molecule has 1 saturated heterocycles. The van der Waals surface area contributed by atoms with Crippen LogP contribution in [0.15, 0.2) is 36.7 Å². The second-order valence-corrected chi connectivity index (χ2v) is 5.51. The minimum Gasteiger partial charge on any atom is -0.475 e. The van der Waals surface area contributed by atoms with Crippen molar-refractivity contribution in [1.82, 2.24) is 14.9 Å². The van der Waals surface area contributed by atoms with Crippen LogP contribution >= 0.6 is 0 Å². The number of carbonyl (C=O) groups excluding carboxylic acids is 1. The van der Waals surface area contributed by atoms with Crippen LogP contribution in [0.4, 0.5) is 0 Å². The molecule has 122 valence electrons. The molecule has 3 heterocycles. The molecule has 0 spiro atoms. The minimum atomic E-state index is 0.0149. The molecule has 0 radical (unpaired) electrons. The summed E-state index contributed by atoms with van der Waals surface area (Å²) in [4.78, 5) is 22.1. The third-order valence-corrected chi connectivity index (χ3v) is 4.01. The van der Waals surface area contributed by atoms with Gasteiger partial charge in [0, 0.05) is 43.4 Å². The zero-order valence-electron chi connectivity index (χ0n) is 13.2. The lowest BCUT2D eigenvalue weighted by atomic mass is 10.1. The number of nitrogens with zero attached hydrogens (tertiary/aromatic N) is 2. The van der Waals surface area contributed by atoms with Crippen molar-refractivity contribution in [3.8, 4) is 5.88 Å². The van der Waals surface area contributed by atoms with Crippen molar-refractivity contribution < 1.29 is 14.3 Å². The first-order valence-electron chi connectivity index (χ1n) is 7.81. The molecule has 6 nitrogen and oxygen atoms in total. The van der Waals surface area contributed by atoms with Gasteiger partial charge in [0.25, 0.3) is 5.91 Å². The lowest BCUT2D eigenvalue weighted by Gasteiger charge is -2.24. The van der Waals surface area contributed by atoms with Crippen LogP contribution in [-0.4, -0.2) is 47.6 Å². The molecular weight excluding hydrogens is 294 g/mol. The number of pyridine rings is 1. The van der Waals surface area contributed by atoms with E-state index in [1.807, 2.05) is 23.2 Å². The van der Waals surface area contributed by atoms with E-state index in [9.17, 15) is 4.79 Å². The monoisotopic (exact) mass is 315 g/mol. The van der Waals surface area contributed by atoms with Crippen LogP contribution in [0, 0.1) is 0 Å². The van der Waals surface area contributed by atoms with Crippen molar-refractivity contribution in [1.29, 1.82) is 0 Å². The molecule has 0 saturated carbocycles. The number of amides is 1. The highest BCUT2D eigenvalue weighted by molar-refractivity contribution is 5.94. The summed E-state index contributed by atoms with van der Waals surface area (Å²) in [6.45, 7) is 1.67. The Labute approximate surface area is 135 Å². The summed E-state index contributed by atoms with van der Waals surface area (Å²) in [7, 11) is 1.62. The molecule has 1 aliphatic heterocycles. The number of nitrogens with one attached hydrogen (secondary N) is 1. The smallest absolute Gasteiger partial charge is 0.254 e. The van der Waals surface area contributed by atoms with E-state index in [-0.39, 0.29) is 11.9 Å². The summed E-state index contributed by atoms with van der Waals surface area (Å²) in [5.74, 6) is 0.463. The largest absolute Gasteiger partial charge is 0.475 e. The number of likely N-dealkylation sites (tertiary alicyclic amines) is 1. The van der Waals surface area contributed by atoms with E-state index in [2.05, 4.69) is 9.97 Å². The van der Waals surface area contributed by atoms with Gasteiger partial charge in [-0.3, -0.25) is 4.79 Å². The SMILES string of the molecule is COCCOc1cc(C(=O)N2CCC[C@@H]2c2ccc[nH]2)ccn1. The van der Waals surface area contributed by atoms with Crippen molar-refractivity contribution in [2.75, 3.05) is 26.9 Å². The summed E-state index contributed by atoms with van der Waals surface area (Å²) < 4.78 is 10.4. The molecule has 2 aromatic rings. The maximum Gasteiger partial charge on any atom is 0.254 e. The molecular formula is C17H21N3O3. The van der Waals surface area contributed by atoms with Gasteiger partial charge >= 0.3 is 0 Å². The predicted molar refractivity (Wildman–Crippen MR) is 85.4 cm³/mol. The quantitative estimate of drug-likeness (QED) is 0.831. The zero-order valence-corrected chi connectivity index (χ0v) is 13.2. The van der Waals surface area contributed by atoms with Crippen LogP contribution in [-0.2, 0) is 4.74 Å². The molecule has 1 N–H and O–H groups in total. The first-order chi connectivity index (χ1) is 11.3. The number of H-pyrrole nitrogens is 1. The third-order valence-electron chi connectivity index (χ3n) is 4.01. The Hall–Kier alpha value is -2.34. The first-order valence-corrected chi connectivity index (χ1v) is 7.81. The number of hydrogen-bond acceptors (Lipinski definition) is 4. The third kappa shape index (κ3) is 3.53. The van der Waals surface area contributed by atoms with Crippen LogP contribution in [0.3, 0.4) is 0 Å². The van der Waals surface area contributed by atoms with Crippen molar-refractivity contribution in [3.05, 3.63) is 47.9 Å². The van der Waals surface area contributed by atoms with Crippen molar-refractivity contribution >= 4 is 5.91 Å². The molecule has 0 aliphatic carbocycles. The number of hydrogen-bond donors (Lipinski definition) is 1. The summed E-state index contributed by atoms with van der Waals surface area (Å²) in [5, 5.41) is 0. The van der Waals surface area contributed by atoms with E-state index in [1.165, 1.54) is 0 Å². The van der Waals surface area contributed by atoms with Gasteiger partial charge in [-0.1, -0.05) is 0 Å². The van der Waals surface area contributed by atoms with E-state index in [1.54, 1.807) is 25.4 Å². The fraction of sp³-hybridized carbons (Fsp3) is 0.412. The van der Waals surface area contributed by atoms with Crippen molar-refractivity contribution in [2.24, 2.45) is 0 Å². The fourth-order valence-electron chi connectivity index (χ4n) is 2.90. The standard InChI is InChI=1S/C17H21N3O3/c1-22-10-11-23-16-12-13(6-8-19-16)17(21)20-9-3-5-15(20)14-4-2-7-18-14/h2,4,6-8,12,15,18H,3,5,9-11H2,1H3/t15-/m1/s1. The number of aromatic nitrogens is 2. The molecule has 3 rings (SSSR count). The molecule has 23 heavy (non-hydrogen) atoms. The zero-order chi connectivity index (χ0) is 16.1. The molecule has 0 unspecified atom stereocenters. The second kappa shape index (κ2) is 7.28. The van der Waals surface area contributed by atoms with Gasteiger partial charge in [0.2, 0.25) is 5.88 Å². The fourth-order valence-corrected chi connectivity index (χ4v) is 2.90. The molecule has 1 fully saturated rings. The Bertz CT molecular complexity index is 642. The van der Waals surface area contributed by atoms with Gasteiger partial charge < -0.3 is 19.4 Å². The molecule has 1 atom stereocenters. The van der Waals surface area contributed by atoms with E-state index >= 15 is 0 Å². The maximum absolute atomic E-state index is 12.8. The normalized spacial score (nSPS) is 17.4. The van der Waals surface area contributed by atoms with E-state index in [0.29, 0.717) is 24.7 Å². The molecule has 2 aromatic heterocycles. The lowest BCUT2D eigenvalue weighted by molar-refractivity contribution is 0.0732. The van der Waals surface area contributed by atoms with E-state index < -0.39 is 0 Å². The Kier molecular flexibility index (Phi) is 4.92. The Balaban J connectivity index is 1.73. The number of carbonyl (C=O) groups is 1. The average molecular weight is 315 g/mol. The highest BCUT2D eigenvalue weighted by atomic mass is 16.5. The summed E-state index contributed by atoms with van der Waals surface area (Å²) in [6, 6.07) is 7.54. The molecule has 1 amide bonds. The summed E-state index contributed by atoms with van der Waals surface area (Å²) in [6.07, 6.45) is 5.49. The maximum atomic E-state index is 12.8. The van der Waals surface area contributed by atoms with Crippen LogP contribution in [0.1, 0.15) is 34.9 Å². The van der Waals surface area contributed by atoms with Gasteiger partial charge in [0.05, 0.1) is 12.6 Å². The molecule has 6 heteroatoms. The molecule has 0 bridgehead atoms. The van der Waals surface area contributed by atoms with Gasteiger partial charge in [-0.25, -0.2) is 4.98 Å². The highest BCUT2D eigenvalue weighted by Gasteiger charge is 2.31. The molecule has 1 aliphatic rings.